The Balaban J connectivity index is 2.25. The Kier molecular flexibility index (Phi) is 3.40. The fraction of sp³-hybridized carbons (Fsp3) is 0.273. The van der Waals surface area contributed by atoms with E-state index >= 15 is 0 Å². The number of benzene rings is 1. The molecular weight excluding hydrogens is 247 g/mol. The van der Waals surface area contributed by atoms with Crippen LogP contribution in [0, 0.1) is 5.82 Å². The Morgan fingerprint density at radius 2 is 1.94 bits per heavy atom. The molecule has 1 saturated heterocycles. The largest absolute Gasteiger partial charge is 0.300 e. The summed E-state index contributed by atoms with van der Waals surface area (Å²) in [6.07, 6.45) is 0. The Morgan fingerprint density at radius 1 is 1.29 bits per heavy atom. The lowest BCUT2D eigenvalue weighted by Gasteiger charge is -2.25. The Labute approximate surface area is 102 Å². The minimum absolute atomic E-state index is 0.0812. The third-order valence-electron chi connectivity index (χ3n) is 2.53. The highest BCUT2D eigenvalue weighted by Crippen LogP contribution is 2.21. The second-order valence-corrected chi connectivity index (χ2v) is 4.08. The van der Waals surface area contributed by atoms with Gasteiger partial charge in [0.25, 0.3) is 0 Å². The highest BCUT2D eigenvalue weighted by molar-refractivity contribution is 6.31. The van der Waals surface area contributed by atoms with Gasteiger partial charge in [0.2, 0.25) is 11.8 Å². The number of imide groups is 1. The van der Waals surface area contributed by atoms with E-state index in [9.17, 15) is 14.0 Å². The molecule has 1 aliphatic rings. The van der Waals surface area contributed by atoms with Crippen LogP contribution in [0.15, 0.2) is 18.2 Å². The van der Waals surface area contributed by atoms with Crippen molar-refractivity contribution < 1.29 is 14.0 Å². The topological polar surface area (TPSA) is 49.4 Å². The van der Waals surface area contributed by atoms with Gasteiger partial charge in [0.15, 0.2) is 0 Å². The second kappa shape index (κ2) is 4.81. The lowest BCUT2D eigenvalue weighted by molar-refractivity contribution is -0.147. The van der Waals surface area contributed by atoms with E-state index in [-0.39, 0.29) is 42.0 Å². The molecule has 4 nitrogen and oxygen atoms in total. The van der Waals surface area contributed by atoms with Crippen LogP contribution in [-0.2, 0) is 16.1 Å². The molecule has 17 heavy (non-hydrogen) atoms. The first-order chi connectivity index (χ1) is 8.09. The van der Waals surface area contributed by atoms with Gasteiger partial charge in [0, 0.05) is 10.6 Å². The Morgan fingerprint density at radius 3 is 2.53 bits per heavy atom. The van der Waals surface area contributed by atoms with Crippen molar-refractivity contribution in [3.05, 3.63) is 34.6 Å². The van der Waals surface area contributed by atoms with E-state index < -0.39 is 5.82 Å². The number of hydrogen-bond acceptors (Lipinski definition) is 3. The first-order valence-corrected chi connectivity index (χ1v) is 5.44. The molecule has 0 atom stereocenters. The van der Waals surface area contributed by atoms with Gasteiger partial charge in [-0.2, -0.15) is 0 Å². The lowest BCUT2D eigenvalue weighted by Crippen LogP contribution is -2.51. The van der Waals surface area contributed by atoms with Crippen molar-refractivity contribution in [2.75, 3.05) is 13.1 Å². The Bertz CT molecular complexity index is 442. The number of carbonyl (C=O) groups is 2. The van der Waals surface area contributed by atoms with E-state index in [1.807, 2.05) is 0 Å². The number of halogens is 2. The van der Waals surface area contributed by atoms with E-state index in [1.165, 1.54) is 18.2 Å². The minimum Gasteiger partial charge on any atom is -0.300 e. The molecule has 1 fully saturated rings. The van der Waals surface area contributed by atoms with Gasteiger partial charge in [-0.25, -0.2) is 4.39 Å². The van der Waals surface area contributed by atoms with Crippen molar-refractivity contribution in [1.82, 2.24) is 10.2 Å². The molecule has 2 rings (SSSR count). The van der Waals surface area contributed by atoms with Gasteiger partial charge >= 0.3 is 0 Å². The van der Waals surface area contributed by atoms with Crippen molar-refractivity contribution in [3.63, 3.8) is 0 Å². The van der Waals surface area contributed by atoms with Crippen LogP contribution < -0.4 is 5.32 Å². The predicted molar refractivity (Wildman–Crippen MR) is 59.8 cm³/mol. The molecule has 0 saturated carbocycles. The summed E-state index contributed by atoms with van der Waals surface area (Å²) in [5.41, 5.74) is 0.165. The fourth-order valence-corrected chi connectivity index (χ4v) is 1.85. The number of amides is 2. The molecule has 0 bridgehead atoms. The molecule has 0 aliphatic carbocycles. The average Bonchev–Trinajstić information content (AvgIpc) is 2.27. The van der Waals surface area contributed by atoms with Crippen LogP contribution in [0.3, 0.4) is 0 Å². The summed E-state index contributed by atoms with van der Waals surface area (Å²) in [6, 6.07) is 4.25. The van der Waals surface area contributed by atoms with E-state index in [2.05, 4.69) is 5.32 Å². The molecule has 1 aliphatic heterocycles. The molecule has 0 radical (unpaired) electrons. The number of rotatable bonds is 2. The number of hydrogen-bond donors (Lipinski definition) is 1. The first kappa shape index (κ1) is 12.0. The summed E-state index contributed by atoms with van der Waals surface area (Å²) < 4.78 is 13.5. The first-order valence-electron chi connectivity index (χ1n) is 5.06. The molecule has 90 valence electrons. The van der Waals surface area contributed by atoms with E-state index in [0.29, 0.717) is 0 Å². The third-order valence-corrected chi connectivity index (χ3v) is 2.89. The molecule has 1 aromatic rings. The maximum Gasteiger partial charge on any atom is 0.243 e. The van der Waals surface area contributed by atoms with Crippen molar-refractivity contribution in [2.45, 2.75) is 6.54 Å². The maximum atomic E-state index is 13.5. The van der Waals surface area contributed by atoms with Crippen LogP contribution in [0.25, 0.3) is 0 Å². The van der Waals surface area contributed by atoms with Crippen molar-refractivity contribution >= 4 is 23.4 Å². The molecule has 2 amide bonds. The SMILES string of the molecule is O=C1CNCC(=O)N1Cc1c(F)cccc1Cl. The van der Waals surface area contributed by atoms with Crippen molar-refractivity contribution in [3.8, 4) is 0 Å². The summed E-state index contributed by atoms with van der Waals surface area (Å²) in [5.74, 6) is -1.27. The Hall–Kier alpha value is -1.46. The van der Waals surface area contributed by atoms with Gasteiger partial charge in [0.1, 0.15) is 5.82 Å². The third kappa shape index (κ3) is 2.45. The molecule has 1 N–H and O–H groups in total. The molecule has 0 unspecified atom stereocenters. The number of nitrogens with one attached hydrogen (secondary N) is 1. The summed E-state index contributed by atoms with van der Waals surface area (Å²) in [4.78, 5) is 24.0. The number of carbonyl (C=O) groups excluding carboxylic acids is 2. The summed E-state index contributed by atoms with van der Waals surface area (Å²) in [6.45, 7) is 0.0421. The van der Waals surface area contributed by atoms with Crippen LogP contribution in [0.5, 0.6) is 0 Å². The van der Waals surface area contributed by atoms with Crippen LogP contribution >= 0.6 is 11.6 Å². The van der Waals surface area contributed by atoms with Crippen LogP contribution in [0.4, 0.5) is 4.39 Å². The van der Waals surface area contributed by atoms with Crippen molar-refractivity contribution in [1.29, 1.82) is 0 Å². The van der Waals surface area contributed by atoms with Gasteiger partial charge in [-0.15, -0.1) is 0 Å². The van der Waals surface area contributed by atoms with E-state index in [1.54, 1.807) is 0 Å². The number of piperazine rings is 1. The molecule has 1 heterocycles. The summed E-state index contributed by atoms with van der Waals surface area (Å²) >= 11 is 5.84. The van der Waals surface area contributed by atoms with Crippen LogP contribution in [0.2, 0.25) is 5.02 Å². The minimum atomic E-state index is -0.517. The number of nitrogens with zero attached hydrogens (tertiary/aromatic N) is 1. The van der Waals surface area contributed by atoms with Crippen LogP contribution in [0.1, 0.15) is 5.56 Å². The molecule has 0 aromatic heterocycles. The molecule has 6 heteroatoms. The quantitative estimate of drug-likeness (QED) is 0.801. The van der Waals surface area contributed by atoms with E-state index in [4.69, 9.17) is 11.6 Å². The smallest absolute Gasteiger partial charge is 0.243 e. The van der Waals surface area contributed by atoms with Gasteiger partial charge in [0.05, 0.1) is 19.6 Å². The standard InChI is InChI=1S/C11H10ClFN2O2/c12-8-2-1-3-9(13)7(8)6-15-10(16)4-14-5-11(15)17/h1-3,14H,4-6H2. The van der Waals surface area contributed by atoms with Gasteiger partial charge in [-0.05, 0) is 12.1 Å². The molecule has 0 spiro atoms. The van der Waals surface area contributed by atoms with Crippen molar-refractivity contribution in [2.24, 2.45) is 0 Å². The maximum absolute atomic E-state index is 13.5. The van der Waals surface area contributed by atoms with Crippen LogP contribution in [-0.4, -0.2) is 29.8 Å². The normalized spacial score (nSPS) is 16.5. The highest BCUT2D eigenvalue weighted by atomic mass is 35.5. The average molecular weight is 257 g/mol. The van der Waals surface area contributed by atoms with Gasteiger partial charge in [-0.3, -0.25) is 19.8 Å². The second-order valence-electron chi connectivity index (χ2n) is 3.68. The monoisotopic (exact) mass is 256 g/mol. The predicted octanol–water partition coefficient (Wildman–Crippen LogP) is 0.937. The van der Waals surface area contributed by atoms with Gasteiger partial charge < -0.3 is 0 Å². The summed E-state index contributed by atoms with van der Waals surface area (Å²) in [7, 11) is 0. The zero-order chi connectivity index (χ0) is 12.4. The summed E-state index contributed by atoms with van der Waals surface area (Å²) in [5, 5.41) is 2.87. The zero-order valence-electron chi connectivity index (χ0n) is 8.87. The highest BCUT2D eigenvalue weighted by Gasteiger charge is 2.27. The van der Waals surface area contributed by atoms with Gasteiger partial charge in [-0.1, -0.05) is 17.7 Å². The van der Waals surface area contributed by atoms with E-state index in [0.717, 1.165) is 4.90 Å². The molecular formula is C11H10ClFN2O2. The lowest BCUT2D eigenvalue weighted by atomic mass is 10.2. The zero-order valence-corrected chi connectivity index (χ0v) is 9.63. The fourth-order valence-electron chi connectivity index (χ4n) is 1.62. The molecule has 1 aromatic carbocycles.